The van der Waals surface area contributed by atoms with Crippen molar-refractivity contribution in [1.82, 2.24) is 4.98 Å². The summed E-state index contributed by atoms with van der Waals surface area (Å²) in [7, 11) is 0. The first-order valence-corrected chi connectivity index (χ1v) is 4.95. The van der Waals surface area contributed by atoms with Gasteiger partial charge in [0.15, 0.2) is 0 Å². The smallest absolute Gasteiger partial charge is 0.0595 e. The molecule has 1 aliphatic carbocycles. The summed E-state index contributed by atoms with van der Waals surface area (Å²) in [6.07, 6.45) is 2.65. The second kappa shape index (κ2) is 2.82. The van der Waals surface area contributed by atoms with Crippen molar-refractivity contribution in [3.63, 3.8) is 0 Å². The molecule has 0 fully saturated rings. The first-order chi connectivity index (χ1) is 6.84. The quantitative estimate of drug-likeness (QED) is 0.544. The normalized spacial score (nSPS) is 12.4. The fourth-order valence-electron chi connectivity index (χ4n) is 1.96. The van der Waals surface area contributed by atoms with Gasteiger partial charge in [-0.15, -0.1) is 0 Å². The maximum absolute atomic E-state index is 5.93. The van der Waals surface area contributed by atoms with E-state index in [0.717, 1.165) is 12.1 Å². The monoisotopic (exact) mass is 201 g/mol. The molecule has 1 aromatic heterocycles. The molecule has 1 aliphatic rings. The minimum atomic E-state index is 0.709. The summed E-state index contributed by atoms with van der Waals surface area (Å²) in [5.41, 5.74) is 4.94. The highest BCUT2D eigenvalue weighted by molar-refractivity contribution is 6.30. The van der Waals surface area contributed by atoms with Gasteiger partial charge in [-0.05, 0) is 17.2 Å². The van der Waals surface area contributed by atoms with E-state index in [2.05, 4.69) is 29.2 Å². The molecule has 0 saturated carbocycles. The molecule has 0 aliphatic heterocycles. The fraction of sp³-hybridized carbons (Fsp3) is 0.0833. The van der Waals surface area contributed by atoms with Gasteiger partial charge in [-0.1, -0.05) is 35.9 Å². The molecule has 2 aromatic rings. The lowest BCUT2D eigenvalue weighted by Crippen LogP contribution is -1.84. The van der Waals surface area contributed by atoms with Crippen LogP contribution in [0.25, 0.3) is 11.1 Å². The predicted octanol–water partition coefficient (Wildman–Crippen LogP) is 3.31. The molecule has 0 atom stereocenters. The molecule has 0 amide bonds. The second-order valence-corrected chi connectivity index (χ2v) is 3.92. The lowest BCUT2D eigenvalue weighted by molar-refractivity contribution is 1.12. The molecular formula is C12H8ClN. The first kappa shape index (κ1) is 8.01. The highest BCUT2D eigenvalue weighted by Crippen LogP contribution is 2.36. The first-order valence-electron chi connectivity index (χ1n) is 4.57. The van der Waals surface area contributed by atoms with Crippen LogP contribution < -0.4 is 0 Å². The van der Waals surface area contributed by atoms with E-state index in [-0.39, 0.29) is 0 Å². The van der Waals surface area contributed by atoms with Gasteiger partial charge in [-0.2, -0.15) is 0 Å². The molecule has 1 heterocycles. The van der Waals surface area contributed by atoms with Crippen LogP contribution >= 0.6 is 11.6 Å². The number of benzene rings is 1. The Morgan fingerprint density at radius 3 is 2.93 bits per heavy atom. The van der Waals surface area contributed by atoms with Gasteiger partial charge in [0.25, 0.3) is 0 Å². The lowest BCUT2D eigenvalue weighted by Gasteiger charge is -1.99. The van der Waals surface area contributed by atoms with Gasteiger partial charge in [0.1, 0.15) is 0 Å². The third-order valence-corrected chi connectivity index (χ3v) is 2.81. The molecule has 0 saturated heterocycles. The molecule has 0 spiro atoms. The van der Waals surface area contributed by atoms with E-state index in [9.17, 15) is 0 Å². The van der Waals surface area contributed by atoms with Crippen LogP contribution in [0.15, 0.2) is 36.5 Å². The summed E-state index contributed by atoms with van der Waals surface area (Å²) < 4.78 is 0. The Hall–Kier alpha value is -1.34. The molecule has 2 heteroatoms. The van der Waals surface area contributed by atoms with Crippen LogP contribution in [0.4, 0.5) is 0 Å². The summed E-state index contributed by atoms with van der Waals surface area (Å²) in [6, 6.07) is 10.4. The van der Waals surface area contributed by atoms with Crippen molar-refractivity contribution in [3.8, 4) is 11.1 Å². The molecular weight excluding hydrogens is 194 g/mol. The van der Waals surface area contributed by atoms with Crippen LogP contribution in [0, 0.1) is 0 Å². The molecule has 3 rings (SSSR count). The van der Waals surface area contributed by atoms with Gasteiger partial charge in [-0.3, -0.25) is 4.98 Å². The van der Waals surface area contributed by atoms with Gasteiger partial charge in [0.05, 0.1) is 10.7 Å². The Morgan fingerprint density at radius 2 is 2.00 bits per heavy atom. The van der Waals surface area contributed by atoms with Crippen LogP contribution in [0.2, 0.25) is 5.02 Å². The zero-order chi connectivity index (χ0) is 9.54. The minimum absolute atomic E-state index is 0.709. The fourth-order valence-corrected chi connectivity index (χ4v) is 2.12. The van der Waals surface area contributed by atoms with Gasteiger partial charge < -0.3 is 0 Å². The number of pyridine rings is 1. The Balaban J connectivity index is 2.30. The van der Waals surface area contributed by atoms with Crippen LogP contribution in [-0.2, 0) is 6.42 Å². The van der Waals surface area contributed by atoms with Crippen molar-refractivity contribution in [1.29, 1.82) is 0 Å². The maximum atomic E-state index is 5.93. The lowest BCUT2D eigenvalue weighted by atomic mass is 10.1. The Morgan fingerprint density at radius 1 is 1.14 bits per heavy atom. The van der Waals surface area contributed by atoms with E-state index in [1.54, 1.807) is 6.20 Å². The number of hydrogen-bond acceptors (Lipinski definition) is 1. The summed E-state index contributed by atoms with van der Waals surface area (Å²) in [5.74, 6) is 0. The molecule has 1 aromatic carbocycles. The number of fused-ring (bicyclic) bond motifs is 3. The molecule has 68 valence electrons. The number of aromatic nitrogens is 1. The number of halogens is 1. The summed E-state index contributed by atoms with van der Waals surface area (Å²) in [6.45, 7) is 0. The predicted molar refractivity (Wildman–Crippen MR) is 57.5 cm³/mol. The second-order valence-electron chi connectivity index (χ2n) is 3.48. The van der Waals surface area contributed by atoms with Crippen LogP contribution in [0.3, 0.4) is 0 Å². The van der Waals surface area contributed by atoms with E-state index in [1.165, 1.54) is 16.7 Å². The van der Waals surface area contributed by atoms with Gasteiger partial charge in [0.2, 0.25) is 0 Å². The van der Waals surface area contributed by atoms with E-state index in [1.807, 2.05) is 6.07 Å². The van der Waals surface area contributed by atoms with Gasteiger partial charge in [0, 0.05) is 18.2 Å². The largest absolute Gasteiger partial charge is 0.259 e. The van der Waals surface area contributed by atoms with E-state index >= 15 is 0 Å². The van der Waals surface area contributed by atoms with Crippen molar-refractivity contribution >= 4 is 11.6 Å². The number of rotatable bonds is 0. The Bertz CT molecular complexity index is 505. The third kappa shape index (κ3) is 1.06. The average molecular weight is 202 g/mol. The van der Waals surface area contributed by atoms with E-state index in [0.29, 0.717) is 5.02 Å². The molecule has 1 nitrogen and oxygen atoms in total. The number of hydrogen-bond donors (Lipinski definition) is 0. The minimum Gasteiger partial charge on any atom is -0.259 e. The molecule has 0 bridgehead atoms. The zero-order valence-electron chi connectivity index (χ0n) is 7.50. The van der Waals surface area contributed by atoms with E-state index < -0.39 is 0 Å². The van der Waals surface area contributed by atoms with Crippen molar-refractivity contribution < 1.29 is 0 Å². The average Bonchev–Trinajstić information content (AvgIpc) is 2.56. The standard InChI is InChI=1S/C12H8ClN/c13-9-6-11-10-4-2-1-3-8(10)5-12(11)14-7-9/h1-4,6-7H,5H2. The van der Waals surface area contributed by atoms with Gasteiger partial charge in [-0.25, -0.2) is 0 Å². The van der Waals surface area contributed by atoms with Crippen LogP contribution in [0.1, 0.15) is 11.3 Å². The summed E-state index contributed by atoms with van der Waals surface area (Å²) >= 11 is 5.93. The molecule has 14 heavy (non-hydrogen) atoms. The topological polar surface area (TPSA) is 12.9 Å². The van der Waals surface area contributed by atoms with Crippen molar-refractivity contribution in [2.24, 2.45) is 0 Å². The SMILES string of the molecule is Clc1cnc2c(c1)-c1ccccc1C2. The Labute approximate surface area is 87.4 Å². The van der Waals surface area contributed by atoms with Crippen molar-refractivity contribution in [2.45, 2.75) is 6.42 Å². The molecule has 0 N–H and O–H groups in total. The third-order valence-electron chi connectivity index (χ3n) is 2.60. The Kier molecular flexibility index (Phi) is 1.62. The van der Waals surface area contributed by atoms with Crippen LogP contribution in [0.5, 0.6) is 0 Å². The highest BCUT2D eigenvalue weighted by Gasteiger charge is 2.18. The van der Waals surface area contributed by atoms with E-state index in [4.69, 9.17) is 11.6 Å². The van der Waals surface area contributed by atoms with Crippen LogP contribution in [-0.4, -0.2) is 4.98 Å². The molecule has 0 unspecified atom stereocenters. The maximum Gasteiger partial charge on any atom is 0.0595 e. The molecule has 0 radical (unpaired) electrons. The van der Waals surface area contributed by atoms with Crippen molar-refractivity contribution in [2.75, 3.05) is 0 Å². The summed E-state index contributed by atoms with van der Waals surface area (Å²) in [5, 5.41) is 0.709. The van der Waals surface area contributed by atoms with Crippen molar-refractivity contribution in [3.05, 3.63) is 52.8 Å². The highest BCUT2D eigenvalue weighted by atomic mass is 35.5. The van der Waals surface area contributed by atoms with Gasteiger partial charge >= 0.3 is 0 Å². The summed E-state index contributed by atoms with van der Waals surface area (Å²) in [4.78, 5) is 4.34. The number of nitrogens with zero attached hydrogens (tertiary/aromatic N) is 1. The zero-order valence-corrected chi connectivity index (χ0v) is 8.25.